The number of likely N-dealkylation sites (tertiary alicyclic amines) is 1. The lowest BCUT2D eigenvalue weighted by atomic mass is 10.1. The number of nitrogens with zero attached hydrogens (tertiary/aromatic N) is 3. The Bertz CT molecular complexity index is 631. The molecule has 0 atom stereocenters. The summed E-state index contributed by atoms with van der Waals surface area (Å²) in [7, 11) is 0. The molecule has 0 N–H and O–H groups in total. The summed E-state index contributed by atoms with van der Waals surface area (Å²) in [4.78, 5) is 19.1. The number of piperidine rings is 1. The molecule has 1 aliphatic heterocycles. The number of hydrogen-bond acceptors (Lipinski definition) is 2. The van der Waals surface area contributed by atoms with Crippen molar-refractivity contribution < 1.29 is 4.79 Å². The first-order chi connectivity index (χ1) is 10.3. The van der Waals surface area contributed by atoms with Crippen LogP contribution in [0.25, 0.3) is 11.0 Å². The van der Waals surface area contributed by atoms with Crippen LogP contribution in [0.4, 0.5) is 0 Å². The molecule has 1 aromatic heterocycles. The molecule has 0 aliphatic carbocycles. The summed E-state index contributed by atoms with van der Waals surface area (Å²) in [5.41, 5.74) is 1.95. The number of benzene rings is 1. The van der Waals surface area contributed by atoms with E-state index in [0.29, 0.717) is 18.8 Å². The number of rotatable bonds is 4. The van der Waals surface area contributed by atoms with Gasteiger partial charge in [0.2, 0.25) is 5.91 Å². The number of para-hydroxylation sites is 2. The zero-order valence-corrected chi connectivity index (χ0v) is 12.9. The van der Waals surface area contributed by atoms with Gasteiger partial charge in [0.15, 0.2) is 0 Å². The van der Waals surface area contributed by atoms with Gasteiger partial charge in [0.1, 0.15) is 12.4 Å². The fourth-order valence-electron chi connectivity index (χ4n) is 2.96. The Morgan fingerprint density at radius 2 is 1.95 bits per heavy atom. The predicted octanol–water partition coefficient (Wildman–Crippen LogP) is 2.83. The lowest BCUT2D eigenvalue weighted by Crippen LogP contribution is -2.38. The molecule has 21 heavy (non-hydrogen) atoms. The summed E-state index contributed by atoms with van der Waals surface area (Å²) in [5, 5.41) is 0. The first kappa shape index (κ1) is 14.4. The summed E-state index contributed by atoms with van der Waals surface area (Å²) in [6.07, 6.45) is 4.15. The third-order valence-electron chi connectivity index (χ3n) is 4.05. The number of amides is 1. The van der Waals surface area contributed by atoms with Crippen molar-refractivity contribution in [1.29, 1.82) is 0 Å². The average molecular weight is 306 g/mol. The third-order valence-corrected chi connectivity index (χ3v) is 4.24. The van der Waals surface area contributed by atoms with Crippen LogP contribution in [-0.4, -0.2) is 39.3 Å². The highest BCUT2D eigenvalue weighted by Gasteiger charge is 2.19. The molecule has 1 aromatic carbocycles. The molecule has 0 saturated carbocycles. The van der Waals surface area contributed by atoms with Crippen molar-refractivity contribution in [3.05, 3.63) is 30.1 Å². The summed E-state index contributed by atoms with van der Waals surface area (Å²) in [5.74, 6) is 1.60. The van der Waals surface area contributed by atoms with Gasteiger partial charge in [-0.3, -0.25) is 4.79 Å². The Hall–Kier alpha value is -1.55. The van der Waals surface area contributed by atoms with Gasteiger partial charge in [-0.2, -0.15) is 0 Å². The number of aryl methyl sites for hydroxylation is 1. The number of aromatic nitrogens is 2. The molecule has 0 unspecified atom stereocenters. The van der Waals surface area contributed by atoms with Gasteiger partial charge in [0.25, 0.3) is 0 Å². The van der Waals surface area contributed by atoms with E-state index < -0.39 is 0 Å². The molecular formula is C16H20ClN3O. The topological polar surface area (TPSA) is 38.1 Å². The molecule has 1 aliphatic rings. The monoisotopic (exact) mass is 305 g/mol. The number of alkyl halides is 1. The van der Waals surface area contributed by atoms with E-state index in [1.165, 1.54) is 6.42 Å². The van der Waals surface area contributed by atoms with Crippen LogP contribution < -0.4 is 0 Å². The molecule has 0 bridgehead atoms. The van der Waals surface area contributed by atoms with Crippen LogP contribution >= 0.6 is 11.6 Å². The Morgan fingerprint density at radius 1 is 1.19 bits per heavy atom. The largest absolute Gasteiger partial charge is 0.341 e. The van der Waals surface area contributed by atoms with Gasteiger partial charge in [-0.15, -0.1) is 11.6 Å². The van der Waals surface area contributed by atoms with Crippen LogP contribution in [0.5, 0.6) is 0 Å². The second-order valence-corrected chi connectivity index (χ2v) is 5.86. The maximum Gasteiger partial charge on any atom is 0.242 e. The highest BCUT2D eigenvalue weighted by molar-refractivity contribution is 6.17. The van der Waals surface area contributed by atoms with Crippen LogP contribution in [-0.2, 0) is 17.8 Å². The fourth-order valence-corrected chi connectivity index (χ4v) is 3.12. The molecule has 112 valence electrons. The standard InChI is InChI=1S/C16H20ClN3O/c17-9-8-15-18-13-6-2-3-7-14(13)20(15)12-16(21)19-10-4-1-5-11-19/h2-3,6-7H,1,4-5,8-12H2. The zero-order valence-electron chi connectivity index (χ0n) is 12.1. The van der Waals surface area contributed by atoms with E-state index in [1.54, 1.807) is 0 Å². The molecular weight excluding hydrogens is 286 g/mol. The van der Waals surface area contributed by atoms with Crippen molar-refractivity contribution in [3.8, 4) is 0 Å². The zero-order chi connectivity index (χ0) is 14.7. The van der Waals surface area contributed by atoms with Crippen molar-refractivity contribution in [2.45, 2.75) is 32.2 Å². The normalized spacial score (nSPS) is 15.6. The number of fused-ring (bicyclic) bond motifs is 1. The maximum absolute atomic E-state index is 12.5. The van der Waals surface area contributed by atoms with Gasteiger partial charge in [0.05, 0.1) is 11.0 Å². The number of carbonyl (C=O) groups is 1. The lowest BCUT2D eigenvalue weighted by molar-refractivity contribution is -0.132. The molecule has 1 saturated heterocycles. The van der Waals surface area contributed by atoms with Crippen molar-refractivity contribution in [2.75, 3.05) is 19.0 Å². The van der Waals surface area contributed by atoms with Crippen LogP contribution in [0.15, 0.2) is 24.3 Å². The fraction of sp³-hybridized carbons (Fsp3) is 0.500. The first-order valence-corrected chi connectivity index (χ1v) is 8.11. The number of hydrogen-bond donors (Lipinski definition) is 0. The highest BCUT2D eigenvalue weighted by atomic mass is 35.5. The Labute approximate surface area is 129 Å². The minimum atomic E-state index is 0.189. The molecule has 4 nitrogen and oxygen atoms in total. The molecule has 0 spiro atoms. The van der Waals surface area contributed by atoms with Gasteiger partial charge < -0.3 is 9.47 Å². The van der Waals surface area contributed by atoms with E-state index in [4.69, 9.17) is 11.6 Å². The van der Waals surface area contributed by atoms with E-state index in [1.807, 2.05) is 33.7 Å². The minimum absolute atomic E-state index is 0.189. The van der Waals surface area contributed by atoms with E-state index in [0.717, 1.165) is 42.8 Å². The van der Waals surface area contributed by atoms with Crippen LogP contribution in [0, 0.1) is 0 Å². The Balaban J connectivity index is 1.87. The summed E-state index contributed by atoms with van der Waals surface area (Å²) < 4.78 is 2.02. The van der Waals surface area contributed by atoms with E-state index in [9.17, 15) is 4.79 Å². The molecule has 1 fully saturated rings. The van der Waals surface area contributed by atoms with Gasteiger partial charge >= 0.3 is 0 Å². The van der Waals surface area contributed by atoms with Gasteiger partial charge in [-0.05, 0) is 31.4 Å². The SMILES string of the molecule is O=C(Cn1c(CCCl)nc2ccccc21)N1CCCCC1. The van der Waals surface area contributed by atoms with Crippen LogP contribution in [0.1, 0.15) is 25.1 Å². The molecule has 1 amide bonds. The lowest BCUT2D eigenvalue weighted by Gasteiger charge is -2.27. The average Bonchev–Trinajstić information content (AvgIpc) is 2.86. The molecule has 3 rings (SSSR count). The quantitative estimate of drug-likeness (QED) is 0.815. The van der Waals surface area contributed by atoms with Crippen molar-refractivity contribution in [3.63, 3.8) is 0 Å². The van der Waals surface area contributed by atoms with E-state index in [-0.39, 0.29) is 5.91 Å². The van der Waals surface area contributed by atoms with Gasteiger partial charge in [-0.1, -0.05) is 12.1 Å². The predicted molar refractivity (Wildman–Crippen MR) is 84.6 cm³/mol. The Kier molecular flexibility index (Phi) is 4.44. The number of halogens is 1. The Morgan fingerprint density at radius 3 is 2.71 bits per heavy atom. The van der Waals surface area contributed by atoms with Crippen molar-refractivity contribution >= 4 is 28.5 Å². The molecule has 2 aromatic rings. The first-order valence-electron chi connectivity index (χ1n) is 7.57. The van der Waals surface area contributed by atoms with Gasteiger partial charge in [-0.25, -0.2) is 4.98 Å². The van der Waals surface area contributed by atoms with E-state index >= 15 is 0 Å². The summed E-state index contributed by atoms with van der Waals surface area (Å²) in [6.45, 7) is 2.14. The summed E-state index contributed by atoms with van der Waals surface area (Å²) >= 11 is 5.87. The van der Waals surface area contributed by atoms with E-state index in [2.05, 4.69) is 4.98 Å². The number of carbonyl (C=O) groups excluding carboxylic acids is 1. The highest BCUT2D eigenvalue weighted by Crippen LogP contribution is 2.18. The summed E-state index contributed by atoms with van der Waals surface area (Å²) in [6, 6.07) is 7.95. The molecule has 0 radical (unpaired) electrons. The van der Waals surface area contributed by atoms with Crippen molar-refractivity contribution in [1.82, 2.24) is 14.5 Å². The second-order valence-electron chi connectivity index (χ2n) is 5.48. The third kappa shape index (κ3) is 3.05. The smallest absolute Gasteiger partial charge is 0.242 e. The van der Waals surface area contributed by atoms with Crippen LogP contribution in [0.3, 0.4) is 0 Å². The maximum atomic E-state index is 12.5. The van der Waals surface area contributed by atoms with Crippen molar-refractivity contribution in [2.24, 2.45) is 0 Å². The van der Waals surface area contributed by atoms with Crippen LogP contribution in [0.2, 0.25) is 0 Å². The minimum Gasteiger partial charge on any atom is -0.341 e. The second kappa shape index (κ2) is 6.48. The molecule has 2 heterocycles. The van der Waals surface area contributed by atoms with Gasteiger partial charge in [0, 0.05) is 25.4 Å². The molecule has 5 heteroatoms. The number of imidazole rings is 1.